The van der Waals surface area contributed by atoms with E-state index in [0.717, 1.165) is 35.4 Å². The van der Waals surface area contributed by atoms with Gasteiger partial charge in [-0.25, -0.2) is 17.9 Å². The fraction of sp³-hybridized carbons (Fsp3) is 0.400. The van der Waals surface area contributed by atoms with Crippen molar-refractivity contribution in [2.45, 2.75) is 23.8 Å². The van der Waals surface area contributed by atoms with E-state index in [1.165, 1.54) is 7.11 Å². The van der Waals surface area contributed by atoms with Crippen LogP contribution in [0, 0.1) is 0 Å². The molecule has 2 heterocycles. The summed E-state index contributed by atoms with van der Waals surface area (Å²) in [6, 6.07) is 6.92. The topological polar surface area (TPSA) is 84.5 Å². The molecule has 0 bridgehead atoms. The zero-order valence-electron chi connectivity index (χ0n) is 12.7. The Balaban J connectivity index is 2.07. The fourth-order valence-corrected chi connectivity index (χ4v) is 5.83. The molecule has 6 nitrogen and oxygen atoms in total. The molecule has 1 atom stereocenters. The number of benzene rings is 1. The van der Waals surface area contributed by atoms with Gasteiger partial charge in [-0.05, 0) is 25.5 Å². The summed E-state index contributed by atoms with van der Waals surface area (Å²) in [5, 5.41) is 3.72. The number of ether oxygens (including phenoxy) is 1. The van der Waals surface area contributed by atoms with E-state index in [0.29, 0.717) is 11.9 Å². The van der Waals surface area contributed by atoms with Gasteiger partial charge in [0.05, 0.1) is 7.11 Å². The minimum absolute atomic E-state index is 0.0236. The Kier molecular flexibility index (Phi) is 4.67. The van der Waals surface area contributed by atoms with Gasteiger partial charge in [-0.3, -0.25) is 0 Å². The Morgan fingerprint density at radius 3 is 2.87 bits per heavy atom. The molecule has 23 heavy (non-hydrogen) atoms. The highest BCUT2D eigenvalue weighted by atomic mass is 32.2. The lowest BCUT2D eigenvalue weighted by Crippen LogP contribution is -2.45. The molecule has 1 aliphatic heterocycles. The predicted octanol–water partition coefficient (Wildman–Crippen LogP) is 1.72. The first-order valence-electron chi connectivity index (χ1n) is 7.36. The number of methoxy groups -OCH3 is 1. The van der Waals surface area contributed by atoms with Crippen molar-refractivity contribution < 1.29 is 17.9 Å². The van der Waals surface area contributed by atoms with Gasteiger partial charge in [0.15, 0.2) is 0 Å². The number of sulfonamides is 1. The third-order valence-electron chi connectivity index (χ3n) is 3.81. The highest BCUT2D eigenvalue weighted by Crippen LogP contribution is 2.35. The standard InChI is InChI=1S/C15H18N2O4S2/c1-21-15(18)13-14(11-6-2-3-7-12(11)22-13)23(19,20)17-10-5-4-8-16-9-10/h2-3,6-7,10,16-17H,4-5,8-9H2,1H3. The average Bonchev–Trinajstić information content (AvgIpc) is 2.95. The van der Waals surface area contributed by atoms with Crippen molar-refractivity contribution in [3.05, 3.63) is 29.1 Å². The largest absolute Gasteiger partial charge is 0.465 e. The molecule has 8 heteroatoms. The number of fused-ring (bicyclic) bond motifs is 1. The molecule has 1 unspecified atom stereocenters. The number of hydrogen-bond acceptors (Lipinski definition) is 6. The number of thiophene rings is 1. The lowest BCUT2D eigenvalue weighted by atomic mass is 10.1. The van der Waals surface area contributed by atoms with E-state index >= 15 is 0 Å². The summed E-state index contributed by atoms with van der Waals surface area (Å²) in [5.74, 6) is -0.631. The van der Waals surface area contributed by atoms with E-state index in [9.17, 15) is 13.2 Å². The quantitative estimate of drug-likeness (QED) is 0.817. The van der Waals surface area contributed by atoms with Crippen molar-refractivity contribution in [1.29, 1.82) is 0 Å². The third kappa shape index (κ3) is 3.25. The zero-order chi connectivity index (χ0) is 16.4. The SMILES string of the molecule is COC(=O)c1sc2ccccc2c1S(=O)(=O)NC1CCCNC1. The Morgan fingerprint density at radius 2 is 2.17 bits per heavy atom. The van der Waals surface area contributed by atoms with Crippen molar-refractivity contribution in [3.8, 4) is 0 Å². The van der Waals surface area contributed by atoms with Crippen molar-refractivity contribution in [2.24, 2.45) is 0 Å². The van der Waals surface area contributed by atoms with Crippen LogP contribution in [0.4, 0.5) is 0 Å². The number of nitrogens with one attached hydrogen (secondary N) is 2. The lowest BCUT2D eigenvalue weighted by Gasteiger charge is -2.23. The van der Waals surface area contributed by atoms with Crippen LogP contribution >= 0.6 is 11.3 Å². The molecule has 1 saturated heterocycles. The first kappa shape index (κ1) is 16.4. The van der Waals surface area contributed by atoms with Gasteiger partial charge in [0.1, 0.15) is 9.77 Å². The minimum atomic E-state index is -3.81. The molecule has 0 amide bonds. The summed E-state index contributed by atoms with van der Waals surface area (Å²) in [6.45, 7) is 1.49. The Morgan fingerprint density at radius 1 is 1.39 bits per heavy atom. The Labute approximate surface area is 138 Å². The summed E-state index contributed by atoms with van der Waals surface area (Å²) in [5.41, 5.74) is 0. The Bertz CT molecular complexity index is 823. The van der Waals surface area contributed by atoms with Crippen molar-refractivity contribution in [2.75, 3.05) is 20.2 Å². The van der Waals surface area contributed by atoms with Crippen molar-refractivity contribution in [1.82, 2.24) is 10.0 Å². The van der Waals surface area contributed by atoms with Crippen LogP contribution in [0.15, 0.2) is 29.2 Å². The van der Waals surface area contributed by atoms with Crippen LogP contribution in [0.25, 0.3) is 10.1 Å². The molecule has 1 aliphatic rings. The van der Waals surface area contributed by atoms with E-state index < -0.39 is 16.0 Å². The maximum Gasteiger partial charge on any atom is 0.349 e. The van der Waals surface area contributed by atoms with Gasteiger partial charge in [-0.1, -0.05) is 18.2 Å². The number of carbonyl (C=O) groups is 1. The van der Waals surface area contributed by atoms with E-state index in [1.807, 2.05) is 6.07 Å². The molecule has 2 N–H and O–H groups in total. The first-order chi connectivity index (χ1) is 11.0. The van der Waals surface area contributed by atoms with E-state index in [2.05, 4.69) is 10.0 Å². The second-order valence-corrected chi connectivity index (χ2v) is 8.12. The molecule has 0 radical (unpaired) electrons. The molecule has 0 spiro atoms. The summed E-state index contributed by atoms with van der Waals surface area (Å²) < 4.78 is 34.0. The highest BCUT2D eigenvalue weighted by molar-refractivity contribution is 7.90. The van der Waals surface area contributed by atoms with Crippen LogP contribution in [-0.2, 0) is 14.8 Å². The van der Waals surface area contributed by atoms with Gasteiger partial charge in [0.25, 0.3) is 0 Å². The molecular weight excluding hydrogens is 336 g/mol. The maximum absolute atomic E-state index is 12.9. The number of rotatable bonds is 4. The predicted molar refractivity (Wildman–Crippen MR) is 89.4 cm³/mol. The van der Waals surface area contributed by atoms with Crippen LogP contribution in [0.1, 0.15) is 22.5 Å². The normalized spacial score (nSPS) is 18.9. The minimum Gasteiger partial charge on any atom is -0.465 e. The van der Waals surface area contributed by atoms with Gasteiger partial charge in [-0.15, -0.1) is 11.3 Å². The molecule has 1 aromatic carbocycles. The smallest absolute Gasteiger partial charge is 0.349 e. The summed E-state index contributed by atoms with van der Waals surface area (Å²) in [4.78, 5) is 12.2. The van der Waals surface area contributed by atoms with Crippen LogP contribution in [-0.4, -0.2) is 40.6 Å². The number of hydrogen-bond donors (Lipinski definition) is 2. The average molecular weight is 354 g/mol. The van der Waals surface area contributed by atoms with Gasteiger partial charge in [-0.2, -0.15) is 0 Å². The molecule has 0 saturated carbocycles. The first-order valence-corrected chi connectivity index (χ1v) is 9.66. The molecule has 1 aromatic heterocycles. The van der Waals surface area contributed by atoms with Crippen LogP contribution < -0.4 is 10.0 Å². The van der Waals surface area contributed by atoms with Crippen LogP contribution in [0.3, 0.4) is 0 Å². The molecule has 3 rings (SSSR count). The molecular formula is C15H18N2O4S2. The number of esters is 1. The second kappa shape index (κ2) is 6.56. The second-order valence-electron chi connectivity index (χ2n) is 5.41. The van der Waals surface area contributed by atoms with E-state index in [4.69, 9.17) is 4.74 Å². The molecule has 1 fully saturated rings. The van der Waals surface area contributed by atoms with Gasteiger partial charge in [0.2, 0.25) is 10.0 Å². The van der Waals surface area contributed by atoms with E-state index in [-0.39, 0.29) is 15.8 Å². The monoisotopic (exact) mass is 354 g/mol. The molecule has 2 aromatic rings. The van der Waals surface area contributed by atoms with Gasteiger partial charge in [0, 0.05) is 22.7 Å². The van der Waals surface area contributed by atoms with Crippen molar-refractivity contribution >= 4 is 37.4 Å². The lowest BCUT2D eigenvalue weighted by molar-refractivity contribution is 0.0602. The summed E-state index contributed by atoms with van der Waals surface area (Å²) >= 11 is 1.14. The van der Waals surface area contributed by atoms with Crippen molar-refractivity contribution in [3.63, 3.8) is 0 Å². The highest BCUT2D eigenvalue weighted by Gasteiger charge is 2.31. The molecule has 124 valence electrons. The number of piperidine rings is 1. The van der Waals surface area contributed by atoms with Crippen LogP contribution in [0.5, 0.6) is 0 Å². The third-order valence-corrected chi connectivity index (χ3v) is 6.69. The molecule has 0 aliphatic carbocycles. The summed E-state index contributed by atoms with van der Waals surface area (Å²) in [7, 11) is -2.56. The van der Waals surface area contributed by atoms with Gasteiger partial charge < -0.3 is 10.1 Å². The fourth-order valence-electron chi connectivity index (χ4n) is 2.75. The Hall–Kier alpha value is -1.48. The van der Waals surface area contributed by atoms with E-state index in [1.54, 1.807) is 18.2 Å². The summed E-state index contributed by atoms with van der Waals surface area (Å²) in [6.07, 6.45) is 1.70. The van der Waals surface area contributed by atoms with Gasteiger partial charge >= 0.3 is 5.97 Å². The maximum atomic E-state index is 12.9. The zero-order valence-corrected chi connectivity index (χ0v) is 14.3. The number of carbonyl (C=O) groups excluding carboxylic acids is 1. The van der Waals surface area contributed by atoms with Crippen LogP contribution in [0.2, 0.25) is 0 Å².